The van der Waals surface area contributed by atoms with Crippen molar-refractivity contribution in [3.8, 4) is 23.1 Å². The van der Waals surface area contributed by atoms with Gasteiger partial charge in [0.25, 0.3) is 0 Å². The molecule has 0 aliphatic carbocycles. The summed E-state index contributed by atoms with van der Waals surface area (Å²) in [6.45, 7) is 3.97. The molecule has 0 saturated heterocycles. The van der Waals surface area contributed by atoms with Crippen LogP contribution in [-0.2, 0) is 14.1 Å². The van der Waals surface area contributed by atoms with Crippen LogP contribution in [0, 0.1) is 0 Å². The normalized spacial score (nSPS) is 11.2. The Bertz CT molecular complexity index is 1160. The molecule has 0 unspecified atom stereocenters. The van der Waals surface area contributed by atoms with Crippen molar-refractivity contribution in [1.82, 2.24) is 34.5 Å². The van der Waals surface area contributed by atoms with E-state index in [0.717, 1.165) is 22.6 Å². The monoisotopic (exact) mass is 394 g/mol. The number of methoxy groups -OCH3 is 1. The first-order valence-corrected chi connectivity index (χ1v) is 9.12. The summed E-state index contributed by atoms with van der Waals surface area (Å²) in [7, 11) is 5.25. The van der Waals surface area contributed by atoms with E-state index in [1.165, 1.54) is 0 Å². The number of nitrogens with zero attached hydrogens (tertiary/aromatic N) is 7. The summed E-state index contributed by atoms with van der Waals surface area (Å²) in [5.74, 6) is 3.04. The minimum Gasteiger partial charge on any atom is -0.490 e. The molecule has 0 atom stereocenters. The summed E-state index contributed by atoms with van der Waals surface area (Å²) in [6, 6.07) is 5.40. The average Bonchev–Trinajstić information content (AvgIpc) is 3.25. The number of fused-ring (bicyclic) bond motifs is 1. The molecule has 0 amide bonds. The van der Waals surface area contributed by atoms with Crippen LogP contribution in [0.4, 0.5) is 11.6 Å². The number of nitrogens with one attached hydrogen (secondary N) is 1. The van der Waals surface area contributed by atoms with Gasteiger partial charge in [0, 0.05) is 38.5 Å². The molecule has 0 aromatic carbocycles. The second-order valence-electron chi connectivity index (χ2n) is 6.76. The highest BCUT2D eigenvalue weighted by molar-refractivity contribution is 5.84. The highest BCUT2D eigenvalue weighted by Gasteiger charge is 2.15. The second-order valence-corrected chi connectivity index (χ2v) is 6.76. The Morgan fingerprint density at radius 3 is 2.69 bits per heavy atom. The zero-order valence-corrected chi connectivity index (χ0v) is 16.9. The number of hydrogen-bond donors (Lipinski definition) is 1. The maximum atomic E-state index is 5.96. The minimum absolute atomic E-state index is 0.0298. The average molecular weight is 394 g/mol. The van der Waals surface area contributed by atoms with Crippen LogP contribution in [0.25, 0.3) is 22.6 Å². The highest BCUT2D eigenvalue weighted by Crippen LogP contribution is 2.30. The first kappa shape index (κ1) is 18.7. The lowest BCUT2D eigenvalue weighted by atomic mass is 10.3. The molecule has 0 spiro atoms. The fraction of sp³-hybridized carbons (Fsp3) is 0.316. The van der Waals surface area contributed by atoms with Gasteiger partial charge in [-0.25, -0.2) is 9.97 Å². The summed E-state index contributed by atoms with van der Waals surface area (Å²) < 4.78 is 14.5. The van der Waals surface area contributed by atoms with Crippen LogP contribution in [0.3, 0.4) is 0 Å². The Hall–Kier alpha value is -3.69. The Morgan fingerprint density at radius 1 is 1.10 bits per heavy atom. The number of hydrogen-bond acceptors (Lipinski definition) is 8. The van der Waals surface area contributed by atoms with E-state index >= 15 is 0 Å². The van der Waals surface area contributed by atoms with Crippen molar-refractivity contribution in [2.24, 2.45) is 14.1 Å². The molecule has 0 bridgehead atoms. The molecule has 0 aliphatic rings. The minimum atomic E-state index is 0.0298. The summed E-state index contributed by atoms with van der Waals surface area (Å²) in [5, 5.41) is 12.9. The zero-order chi connectivity index (χ0) is 20.5. The van der Waals surface area contributed by atoms with Gasteiger partial charge in [0.2, 0.25) is 5.88 Å². The van der Waals surface area contributed by atoms with Crippen LogP contribution in [0.1, 0.15) is 13.8 Å². The fourth-order valence-corrected chi connectivity index (χ4v) is 2.91. The van der Waals surface area contributed by atoms with Gasteiger partial charge >= 0.3 is 0 Å². The van der Waals surface area contributed by atoms with Crippen molar-refractivity contribution in [3.05, 3.63) is 30.6 Å². The van der Waals surface area contributed by atoms with Gasteiger partial charge in [-0.2, -0.15) is 15.2 Å². The van der Waals surface area contributed by atoms with Crippen LogP contribution >= 0.6 is 0 Å². The van der Waals surface area contributed by atoms with E-state index in [2.05, 4.69) is 30.5 Å². The van der Waals surface area contributed by atoms with E-state index < -0.39 is 0 Å². The molecular formula is C19H22N8O2. The number of ether oxygens (including phenoxy) is 2. The molecule has 4 aromatic heterocycles. The number of aryl methyl sites for hydroxylation is 2. The van der Waals surface area contributed by atoms with Gasteiger partial charge in [0.15, 0.2) is 11.5 Å². The van der Waals surface area contributed by atoms with Gasteiger partial charge in [-0.3, -0.25) is 9.36 Å². The lowest BCUT2D eigenvalue weighted by Gasteiger charge is -2.13. The number of anilines is 2. The lowest BCUT2D eigenvalue weighted by molar-refractivity contribution is 0.245. The maximum absolute atomic E-state index is 5.96. The Kier molecular flexibility index (Phi) is 4.75. The molecule has 0 fully saturated rings. The van der Waals surface area contributed by atoms with Gasteiger partial charge in [0.1, 0.15) is 23.1 Å². The third-order valence-corrected chi connectivity index (χ3v) is 4.23. The molecule has 0 saturated carbocycles. The van der Waals surface area contributed by atoms with Crippen molar-refractivity contribution in [3.63, 3.8) is 0 Å². The van der Waals surface area contributed by atoms with Gasteiger partial charge in [0.05, 0.1) is 24.8 Å². The predicted molar refractivity (Wildman–Crippen MR) is 108 cm³/mol. The Morgan fingerprint density at radius 2 is 1.93 bits per heavy atom. The molecule has 29 heavy (non-hydrogen) atoms. The largest absolute Gasteiger partial charge is 0.490 e. The van der Waals surface area contributed by atoms with Crippen molar-refractivity contribution < 1.29 is 9.47 Å². The first-order valence-electron chi connectivity index (χ1n) is 9.12. The molecular weight excluding hydrogens is 372 g/mol. The zero-order valence-electron chi connectivity index (χ0n) is 16.9. The molecule has 1 N–H and O–H groups in total. The predicted octanol–water partition coefficient (Wildman–Crippen LogP) is 2.70. The summed E-state index contributed by atoms with van der Waals surface area (Å²) in [4.78, 5) is 13.3. The molecule has 150 valence electrons. The van der Waals surface area contributed by atoms with Gasteiger partial charge in [-0.05, 0) is 13.8 Å². The number of rotatable bonds is 6. The van der Waals surface area contributed by atoms with E-state index in [4.69, 9.17) is 9.47 Å². The topological polar surface area (TPSA) is 105 Å². The van der Waals surface area contributed by atoms with Crippen LogP contribution < -0.4 is 14.8 Å². The highest BCUT2D eigenvalue weighted by atomic mass is 16.5. The molecule has 4 heterocycles. The molecule has 10 heteroatoms. The van der Waals surface area contributed by atoms with E-state index in [0.29, 0.717) is 23.2 Å². The van der Waals surface area contributed by atoms with E-state index in [1.54, 1.807) is 34.9 Å². The van der Waals surface area contributed by atoms with Crippen molar-refractivity contribution in [2.75, 3.05) is 12.4 Å². The summed E-state index contributed by atoms with van der Waals surface area (Å²) >= 11 is 0. The third kappa shape index (κ3) is 3.68. The van der Waals surface area contributed by atoms with E-state index in [1.807, 2.05) is 40.1 Å². The summed E-state index contributed by atoms with van der Waals surface area (Å²) in [6.07, 6.45) is 3.42. The van der Waals surface area contributed by atoms with Crippen LogP contribution in [-0.4, -0.2) is 47.7 Å². The van der Waals surface area contributed by atoms with Crippen LogP contribution in [0.2, 0.25) is 0 Å². The SMILES string of the molecule is COc1ccnc(-c2cc(Nc3cc(OC(C)C)c4cnn(C)c4n3)n(C)n2)n1. The molecule has 4 rings (SSSR count). The van der Waals surface area contributed by atoms with Gasteiger partial charge < -0.3 is 14.8 Å². The van der Waals surface area contributed by atoms with Crippen LogP contribution in [0.15, 0.2) is 30.6 Å². The van der Waals surface area contributed by atoms with E-state index in [9.17, 15) is 0 Å². The molecule has 0 radical (unpaired) electrons. The van der Waals surface area contributed by atoms with Crippen LogP contribution in [0.5, 0.6) is 11.6 Å². The smallest absolute Gasteiger partial charge is 0.216 e. The quantitative estimate of drug-likeness (QED) is 0.532. The Balaban J connectivity index is 1.70. The molecule has 10 nitrogen and oxygen atoms in total. The second kappa shape index (κ2) is 7.38. The van der Waals surface area contributed by atoms with Gasteiger partial charge in [-0.1, -0.05) is 0 Å². The fourth-order valence-electron chi connectivity index (χ4n) is 2.91. The maximum Gasteiger partial charge on any atom is 0.216 e. The van der Waals surface area contributed by atoms with Crippen molar-refractivity contribution >= 4 is 22.7 Å². The third-order valence-electron chi connectivity index (χ3n) is 4.23. The molecule has 0 aliphatic heterocycles. The molecule has 4 aromatic rings. The number of aromatic nitrogens is 7. The number of pyridine rings is 1. The van der Waals surface area contributed by atoms with Crippen molar-refractivity contribution in [1.29, 1.82) is 0 Å². The first-order chi connectivity index (χ1) is 13.9. The standard InChI is InChI=1S/C19H22N8O2/c1-11(2)29-14-9-15(23-19-12(14)10-21-27(19)4)22-16-8-13(25-26(16)3)18-20-7-6-17(24-18)28-5/h6-11H,1-5H3,(H,22,23). The Labute approximate surface area is 167 Å². The summed E-state index contributed by atoms with van der Waals surface area (Å²) in [5.41, 5.74) is 1.35. The van der Waals surface area contributed by atoms with E-state index in [-0.39, 0.29) is 6.10 Å². The van der Waals surface area contributed by atoms with Crippen molar-refractivity contribution in [2.45, 2.75) is 20.0 Å². The van der Waals surface area contributed by atoms with Gasteiger partial charge in [-0.15, -0.1) is 0 Å². The lowest BCUT2D eigenvalue weighted by Crippen LogP contribution is -2.07.